The van der Waals surface area contributed by atoms with Gasteiger partial charge >= 0.3 is 0 Å². The Bertz CT molecular complexity index is 684. The number of nitrogens with zero attached hydrogens (tertiary/aromatic N) is 4. The highest BCUT2D eigenvalue weighted by molar-refractivity contribution is 5.96. The summed E-state index contributed by atoms with van der Waals surface area (Å²) in [6, 6.07) is 1.60. The zero-order chi connectivity index (χ0) is 15.1. The molecule has 0 aliphatic carbocycles. The van der Waals surface area contributed by atoms with Gasteiger partial charge < -0.3 is 10.4 Å². The molecule has 0 aliphatic rings. The van der Waals surface area contributed by atoms with Crippen molar-refractivity contribution in [2.24, 2.45) is 7.05 Å². The van der Waals surface area contributed by atoms with E-state index < -0.39 is 0 Å². The fourth-order valence-electron chi connectivity index (χ4n) is 1.63. The first-order valence-electron chi connectivity index (χ1n) is 6.37. The summed E-state index contributed by atoms with van der Waals surface area (Å²) >= 11 is 0. The Hall–Kier alpha value is -2.72. The van der Waals surface area contributed by atoms with Crippen LogP contribution in [0.1, 0.15) is 28.2 Å². The lowest BCUT2D eigenvalue weighted by atomic mass is 10.1. The number of amides is 1. The van der Waals surface area contributed by atoms with Gasteiger partial charge in [-0.15, -0.1) is 0 Å². The molecular weight excluding hydrogens is 270 g/mol. The third kappa shape index (κ3) is 4.12. The van der Waals surface area contributed by atoms with Gasteiger partial charge in [-0.1, -0.05) is 11.8 Å². The van der Waals surface area contributed by atoms with Gasteiger partial charge in [0.1, 0.15) is 6.33 Å². The number of pyridine rings is 1. The molecule has 0 fully saturated rings. The van der Waals surface area contributed by atoms with E-state index in [0.29, 0.717) is 23.4 Å². The number of carbonyl (C=O) groups is 1. The predicted molar refractivity (Wildman–Crippen MR) is 75.0 cm³/mol. The van der Waals surface area contributed by atoms with E-state index in [9.17, 15) is 4.79 Å². The van der Waals surface area contributed by atoms with E-state index in [0.717, 1.165) is 0 Å². The molecule has 7 nitrogen and oxygen atoms in total. The third-order valence-corrected chi connectivity index (χ3v) is 2.58. The number of hydrogen-bond donors (Lipinski definition) is 2. The van der Waals surface area contributed by atoms with E-state index >= 15 is 0 Å². The summed E-state index contributed by atoms with van der Waals surface area (Å²) in [5, 5.41) is 15.5. The van der Waals surface area contributed by atoms with E-state index in [1.807, 2.05) is 0 Å². The second-order valence-corrected chi connectivity index (χ2v) is 4.21. The van der Waals surface area contributed by atoms with E-state index in [-0.39, 0.29) is 19.1 Å². The van der Waals surface area contributed by atoms with Gasteiger partial charge in [0.15, 0.2) is 5.82 Å². The molecule has 2 aromatic heterocycles. The molecule has 0 radical (unpaired) electrons. The fourth-order valence-corrected chi connectivity index (χ4v) is 1.63. The van der Waals surface area contributed by atoms with Gasteiger partial charge in [-0.2, -0.15) is 5.10 Å². The van der Waals surface area contributed by atoms with Crippen LogP contribution in [0.5, 0.6) is 0 Å². The summed E-state index contributed by atoms with van der Waals surface area (Å²) in [5.41, 5.74) is 0.962. The zero-order valence-electron chi connectivity index (χ0n) is 11.6. The molecule has 7 heteroatoms. The maximum absolute atomic E-state index is 12.2. The molecule has 0 aromatic carbocycles. The molecule has 0 aliphatic heterocycles. The van der Waals surface area contributed by atoms with Gasteiger partial charge in [0, 0.05) is 25.9 Å². The molecular formula is C14H15N5O2. The van der Waals surface area contributed by atoms with Crippen LogP contribution in [0, 0.1) is 11.8 Å². The molecule has 0 saturated heterocycles. The molecule has 0 spiro atoms. The number of hydrogen-bond acceptors (Lipinski definition) is 5. The topological polar surface area (TPSA) is 92.9 Å². The van der Waals surface area contributed by atoms with Crippen LogP contribution < -0.4 is 5.32 Å². The van der Waals surface area contributed by atoms with E-state index in [1.165, 1.54) is 12.4 Å². The van der Waals surface area contributed by atoms with Gasteiger partial charge in [0.05, 0.1) is 24.3 Å². The van der Waals surface area contributed by atoms with Crippen molar-refractivity contribution in [1.82, 2.24) is 25.1 Å². The second kappa shape index (κ2) is 7.17. The molecule has 2 aromatic rings. The standard InChI is InChI=1S/C14H15N5O2/c1-19-10-17-13(18-19)9-16-14(21)12-5-6-15-8-11(12)4-2-3-7-20/h5-6,8,10,20H,3,7,9H2,1H3,(H,16,21). The molecule has 2 heterocycles. The molecule has 0 saturated carbocycles. The Morgan fingerprint density at radius 3 is 3.10 bits per heavy atom. The molecule has 108 valence electrons. The highest BCUT2D eigenvalue weighted by Crippen LogP contribution is 2.05. The summed E-state index contributed by atoms with van der Waals surface area (Å²) in [6.45, 7) is 0.228. The van der Waals surface area contributed by atoms with E-state index in [4.69, 9.17) is 5.11 Å². The molecule has 21 heavy (non-hydrogen) atoms. The molecule has 1 amide bonds. The first kappa shape index (κ1) is 14.7. The van der Waals surface area contributed by atoms with Crippen molar-refractivity contribution in [3.63, 3.8) is 0 Å². The van der Waals surface area contributed by atoms with Gasteiger partial charge in [0.2, 0.25) is 0 Å². The van der Waals surface area contributed by atoms with E-state index in [1.54, 1.807) is 24.1 Å². The first-order chi connectivity index (χ1) is 10.2. The second-order valence-electron chi connectivity index (χ2n) is 4.21. The lowest BCUT2D eigenvalue weighted by molar-refractivity contribution is 0.0949. The van der Waals surface area contributed by atoms with Crippen LogP contribution >= 0.6 is 0 Å². The van der Waals surface area contributed by atoms with Crippen LogP contribution in [-0.4, -0.2) is 37.4 Å². The van der Waals surface area contributed by atoms with Crippen molar-refractivity contribution in [2.75, 3.05) is 6.61 Å². The normalized spacial score (nSPS) is 9.81. The average molecular weight is 285 g/mol. The number of aromatic nitrogens is 4. The number of aryl methyl sites for hydroxylation is 1. The minimum absolute atomic E-state index is 0.0138. The quantitative estimate of drug-likeness (QED) is 0.764. The first-order valence-corrected chi connectivity index (χ1v) is 6.37. The lowest BCUT2D eigenvalue weighted by Gasteiger charge is -2.04. The average Bonchev–Trinajstić information content (AvgIpc) is 2.91. The summed E-state index contributed by atoms with van der Waals surface area (Å²) in [5.74, 6) is 5.87. The van der Waals surface area contributed by atoms with Crippen LogP contribution in [0.15, 0.2) is 24.8 Å². The maximum Gasteiger partial charge on any atom is 0.253 e. The Balaban J connectivity index is 2.07. The van der Waals surface area contributed by atoms with Crippen LogP contribution in [0.2, 0.25) is 0 Å². The monoisotopic (exact) mass is 285 g/mol. The number of nitrogens with one attached hydrogen (secondary N) is 1. The summed E-state index contributed by atoms with van der Waals surface area (Å²) in [7, 11) is 1.76. The fraction of sp³-hybridized carbons (Fsp3) is 0.286. The predicted octanol–water partition coefficient (Wildman–Crippen LogP) is -0.126. The molecule has 2 N–H and O–H groups in total. The minimum Gasteiger partial charge on any atom is -0.395 e. The molecule has 0 atom stereocenters. The van der Waals surface area contributed by atoms with Crippen molar-refractivity contribution in [1.29, 1.82) is 0 Å². The van der Waals surface area contributed by atoms with Crippen molar-refractivity contribution in [2.45, 2.75) is 13.0 Å². The van der Waals surface area contributed by atoms with Crippen LogP contribution in [-0.2, 0) is 13.6 Å². The Morgan fingerprint density at radius 1 is 1.52 bits per heavy atom. The van der Waals surface area contributed by atoms with Crippen LogP contribution in [0.25, 0.3) is 0 Å². The Kier molecular flexibility index (Phi) is 5.01. The number of aliphatic hydroxyl groups is 1. The number of aliphatic hydroxyl groups excluding tert-OH is 1. The van der Waals surface area contributed by atoms with Crippen LogP contribution in [0.4, 0.5) is 0 Å². The Morgan fingerprint density at radius 2 is 2.38 bits per heavy atom. The van der Waals surface area contributed by atoms with Crippen molar-refractivity contribution in [3.8, 4) is 11.8 Å². The van der Waals surface area contributed by atoms with Gasteiger partial charge in [-0.05, 0) is 6.07 Å². The van der Waals surface area contributed by atoms with Crippen LogP contribution in [0.3, 0.4) is 0 Å². The summed E-state index contributed by atoms with van der Waals surface area (Å²) in [6.07, 6.45) is 4.98. The highest BCUT2D eigenvalue weighted by atomic mass is 16.2. The van der Waals surface area contributed by atoms with Crippen molar-refractivity contribution < 1.29 is 9.90 Å². The molecule has 2 rings (SSSR count). The van der Waals surface area contributed by atoms with Gasteiger partial charge in [0.25, 0.3) is 5.91 Å². The number of rotatable bonds is 4. The highest BCUT2D eigenvalue weighted by Gasteiger charge is 2.10. The third-order valence-electron chi connectivity index (χ3n) is 2.58. The number of carbonyl (C=O) groups excluding carboxylic acids is 1. The SMILES string of the molecule is Cn1cnc(CNC(=O)c2ccncc2C#CCCO)n1. The van der Waals surface area contributed by atoms with Crippen molar-refractivity contribution in [3.05, 3.63) is 41.7 Å². The van der Waals surface area contributed by atoms with Gasteiger partial charge in [-0.25, -0.2) is 4.98 Å². The maximum atomic E-state index is 12.2. The lowest BCUT2D eigenvalue weighted by Crippen LogP contribution is -2.24. The largest absolute Gasteiger partial charge is 0.395 e. The molecule has 0 bridgehead atoms. The Labute approximate surface area is 122 Å². The molecule has 0 unspecified atom stereocenters. The summed E-state index contributed by atoms with van der Waals surface area (Å²) < 4.78 is 1.57. The minimum atomic E-state index is -0.266. The van der Waals surface area contributed by atoms with Crippen molar-refractivity contribution >= 4 is 5.91 Å². The van der Waals surface area contributed by atoms with Gasteiger partial charge in [-0.3, -0.25) is 14.5 Å². The summed E-state index contributed by atoms with van der Waals surface area (Å²) in [4.78, 5) is 20.1. The smallest absolute Gasteiger partial charge is 0.253 e. The van der Waals surface area contributed by atoms with E-state index in [2.05, 4.69) is 32.2 Å². The zero-order valence-corrected chi connectivity index (χ0v) is 11.6.